The third-order valence-electron chi connectivity index (χ3n) is 3.14. The third-order valence-corrected chi connectivity index (χ3v) is 4.81. The summed E-state index contributed by atoms with van der Waals surface area (Å²) in [5.74, 6) is 0. The first-order valence-electron chi connectivity index (χ1n) is 6.02. The molecule has 18 heavy (non-hydrogen) atoms. The third kappa shape index (κ3) is 3.24. The highest BCUT2D eigenvalue weighted by Gasteiger charge is 2.12. The summed E-state index contributed by atoms with van der Waals surface area (Å²) >= 11 is 7.40. The van der Waals surface area contributed by atoms with E-state index in [9.17, 15) is 0 Å². The van der Waals surface area contributed by atoms with Gasteiger partial charge in [-0.1, -0.05) is 68.3 Å². The molecule has 1 atom stereocenters. The van der Waals surface area contributed by atoms with Crippen LogP contribution < -0.4 is 0 Å². The van der Waals surface area contributed by atoms with E-state index in [1.54, 1.807) is 0 Å². The van der Waals surface area contributed by atoms with Crippen molar-refractivity contribution in [3.63, 3.8) is 0 Å². The van der Waals surface area contributed by atoms with Crippen molar-refractivity contribution in [2.75, 3.05) is 0 Å². The Balaban J connectivity index is 2.24. The van der Waals surface area contributed by atoms with Gasteiger partial charge in [-0.2, -0.15) is 0 Å². The Kier molecular flexibility index (Phi) is 4.63. The quantitative estimate of drug-likeness (QED) is 0.606. The maximum Gasteiger partial charge on any atom is 0.0438 e. The van der Waals surface area contributed by atoms with Crippen LogP contribution in [0.4, 0.5) is 0 Å². The lowest BCUT2D eigenvalue weighted by Crippen LogP contribution is -1.99. The zero-order valence-corrected chi connectivity index (χ0v) is 13.8. The summed E-state index contributed by atoms with van der Waals surface area (Å²) in [7, 11) is 0. The molecule has 0 aliphatic rings. The molecular formula is C16H16Br2. The van der Waals surface area contributed by atoms with Crippen molar-refractivity contribution in [3.8, 4) is 0 Å². The lowest BCUT2D eigenvalue weighted by molar-refractivity contribution is 0.935. The molecule has 0 aliphatic carbocycles. The van der Waals surface area contributed by atoms with Gasteiger partial charge in [-0.3, -0.25) is 0 Å². The van der Waals surface area contributed by atoms with Gasteiger partial charge in [0.25, 0.3) is 0 Å². The summed E-state index contributed by atoms with van der Waals surface area (Å²) in [5.41, 5.74) is 5.34. The van der Waals surface area contributed by atoms with Crippen molar-refractivity contribution < 1.29 is 0 Å². The Morgan fingerprint density at radius 1 is 1.00 bits per heavy atom. The van der Waals surface area contributed by atoms with Gasteiger partial charge in [-0.15, -0.1) is 0 Å². The van der Waals surface area contributed by atoms with E-state index in [0.717, 1.165) is 6.42 Å². The van der Waals surface area contributed by atoms with E-state index in [4.69, 9.17) is 0 Å². The molecule has 0 aliphatic heterocycles. The van der Waals surface area contributed by atoms with Crippen LogP contribution in [-0.2, 0) is 6.42 Å². The van der Waals surface area contributed by atoms with Gasteiger partial charge in [-0.05, 0) is 48.6 Å². The molecule has 0 N–H and O–H groups in total. The van der Waals surface area contributed by atoms with Crippen LogP contribution in [0.3, 0.4) is 0 Å². The van der Waals surface area contributed by atoms with Crippen molar-refractivity contribution >= 4 is 31.9 Å². The maximum atomic E-state index is 3.82. The molecule has 0 heterocycles. The molecule has 0 saturated heterocycles. The summed E-state index contributed by atoms with van der Waals surface area (Å²) < 4.78 is 1.18. The monoisotopic (exact) mass is 366 g/mol. The highest BCUT2D eigenvalue weighted by molar-refractivity contribution is 9.10. The molecule has 94 valence electrons. The van der Waals surface area contributed by atoms with Crippen molar-refractivity contribution in [2.24, 2.45) is 0 Å². The van der Waals surface area contributed by atoms with Gasteiger partial charge >= 0.3 is 0 Å². The lowest BCUT2D eigenvalue weighted by Gasteiger charge is -2.15. The van der Waals surface area contributed by atoms with E-state index in [1.165, 1.54) is 26.7 Å². The second-order valence-electron chi connectivity index (χ2n) is 4.62. The average molecular weight is 368 g/mol. The molecule has 2 aromatic rings. The predicted molar refractivity (Wildman–Crippen MR) is 85.4 cm³/mol. The van der Waals surface area contributed by atoms with Crippen LogP contribution >= 0.6 is 31.9 Å². The van der Waals surface area contributed by atoms with Gasteiger partial charge < -0.3 is 0 Å². The van der Waals surface area contributed by atoms with Crippen LogP contribution in [0.2, 0.25) is 0 Å². The fourth-order valence-corrected chi connectivity index (χ4v) is 3.40. The number of hydrogen-bond acceptors (Lipinski definition) is 0. The summed E-state index contributed by atoms with van der Waals surface area (Å²) in [4.78, 5) is 0.367. The van der Waals surface area contributed by atoms with Crippen molar-refractivity contribution in [3.05, 3.63) is 69.2 Å². The molecule has 0 aromatic heterocycles. The van der Waals surface area contributed by atoms with E-state index in [1.807, 2.05) is 0 Å². The van der Waals surface area contributed by atoms with E-state index in [-0.39, 0.29) is 0 Å². The molecule has 1 unspecified atom stereocenters. The van der Waals surface area contributed by atoms with Crippen molar-refractivity contribution in [2.45, 2.75) is 25.1 Å². The molecular weight excluding hydrogens is 352 g/mol. The van der Waals surface area contributed by atoms with Crippen LogP contribution in [-0.4, -0.2) is 0 Å². The van der Waals surface area contributed by atoms with E-state index < -0.39 is 0 Å². The molecule has 2 aromatic carbocycles. The molecule has 0 spiro atoms. The van der Waals surface area contributed by atoms with Crippen molar-refractivity contribution in [1.82, 2.24) is 0 Å². The molecule has 2 heteroatoms. The minimum absolute atomic E-state index is 0.367. The van der Waals surface area contributed by atoms with Gasteiger partial charge in [0.05, 0.1) is 0 Å². The normalized spacial score (nSPS) is 12.4. The Morgan fingerprint density at radius 3 is 2.33 bits per heavy atom. The lowest BCUT2D eigenvalue weighted by atomic mass is 9.98. The minimum Gasteiger partial charge on any atom is -0.0835 e. The topological polar surface area (TPSA) is 0 Å². The van der Waals surface area contributed by atoms with Crippen LogP contribution in [0.25, 0.3) is 0 Å². The van der Waals surface area contributed by atoms with Crippen LogP contribution in [0.5, 0.6) is 0 Å². The molecule has 0 saturated carbocycles. The number of benzene rings is 2. The average Bonchev–Trinajstić information content (AvgIpc) is 2.35. The summed E-state index contributed by atoms with van der Waals surface area (Å²) in [5, 5.41) is 0. The number of halogens is 2. The SMILES string of the molecule is Cc1cc(C(Br)Cc2ccccc2)c(C)cc1Br. The second-order valence-corrected chi connectivity index (χ2v) is 6.57. The number of rotatable bonds is 3. The fourth-order valence-electron chi connectivity index (χ4n) is 2.07. The van der Waals surface area contributed by atoms with Crippen LogP contribution in [0, 0.1) is 13.8 Å². The summed E-state index contributed by atoms with van der Waals surface area (Å²) in [6.45, 7) is 4.30. The summed E-state index contributed by atoms with van der Waals surface area (Å²) in [6.07, 6.45) is 1.02. The summed E-state index contributed by atoms with van der Waals surface area (Å²) in [6, 6.07) is 15.1. The highest BCUT2D eigenvalue weighted by atomic mass is 79.9. The first-order valence-corrected chi connectivity index (χ1v) is 7.73. The Labute approximate surface area is 126 Å². The number of hydrogen-bond donors (Lipinski definition) is 0. The van der Waals surface area contributed by atoms with Crippen LogP contribution in [0.15, 0.2) is 46.9 Å². The largest absolute Gasteiger partial charge is 0.0835 e. The van der Waals surface area contributed by atoms with E-state index in [0.29, 0.717) is 4.83 Å². The predicted octanol–water partition coefficient (Wildman–Crippen LogP) is 5.74. The molecule has 2 rings (SSSR count). The van der Waals surface area contributed by atoms with Gasteiger partial charge in [-0.25, -0.2) is 0 Å². The first-order chi connectivity index (χ1) is 8.58. The Bertz CT molecular complexity index is 532. The zero-order valence-electron chi connectivity index (χ0n) is 10.6. The standard InChI is InChI=1S/C16H16Br2/c1-11-9-15(17)12(2)8-14(11)16(18)10-13-6-4-3-5-7-13/h3-9,16H,10H2,1-2H3. The van der Waals surface area contributed by atoms with Gasteiger partial charge in [0.15, 0.2) is 0 Å². The molecule has 0 nitrogen and oxygen atoms in total. The molecule has 0 bridgehead atoms. The number of alkyl halides is 1. The molecule has 0 amide bonds. The van der Waals surface area contributed by atoms with Gasteiger partial charge in [0.2, 0.25) is 0 Å². The van der Waals surface area contributed by atoms with Gasteiger partial charge in [0.1, 0.15) is 0 Å². The Hall–Kier alpha value is -0.600. The Morgan fingerprint density at radius 2 is 1.67 bits per heavy atom. The first kappa shape index (κ1) is 13.8. The fraction of sp³-hybridized carbons (Fsp3) is 0.250. The van der Waals surface area contributed by atoms with E-state index >= 15 is 0 Å². The zero-order chi connectivity index (χ0) is 13.1. The molecule has 0 radical (unpaired) electrons. The smallest absolute Gasteiger partial charge is 0.0438 e. The second kappa shape index (κ2) is 6.03. The van der Waals surface area contributed by atoms with E-state index in [2.05, 4.69) is 88.2 Å². The highest BCUT2D eigenvalue weighted by Crippen LogP contribution is 2.32. The van der Waals surface area contributed by atoms with Crippen LogP contribution in [0.1, 0.15) is 27.1 Å². The van der Waals surface area contributed by atoms with Crippen molar-refractivity contribution in [1.29, 1.82) is 0 Å². The van der Waals surface area contributed by atoms with Gasteiger partial charge in [0, 0.05) is 9.30 Å². The maximum absolute atomic E-state index is 3.82. The minimum atomic E-state index is 0.367. The number of aryl methyl sites for hydroxylation is 2. The molecule has 0 fully saturated rings.